The summed E-state index contributed by atoms with van der Waals surface area (Å²) in [5.74, 6) is 5.39. The van der Waals surface area contributed by atoms with Crippen LogP contribution in [0.5, 0.6) is 17.2 Å². The van der Waals surface area contributed by atoms with Gasteiger partial charge in [-0.1, -0.05) is 57.1 Å². The Balaban J connectivity index is 0.000000319. The summed E-state index contributed by atoms with van der Waals surface area (Å²) >= 11 is 29.8. The fraction of sp³-hybridized carbons (Fsp3) is 0.542. The van der Waals surface area contributed by atoms with Gasteiger partial charge in [-0.3, -0.25) is 0 Å². The molecule has 0 amide bonds. The zero-order chi connectivity index (χ0) is 60.9. The Morgan fingerprint density at radius 2 is 0.816 bits per heavy atom. The van der Waals surface area contributed by atoms with Gasteiger partial charge in [0, 0.05) is 61.4 Å². The highest BCUT2D eigenvalue weighted by molar-refractivity contribution is 6.33. The summed E-state index contributed by atoms with van der Waals surface area (Å²) in [7, 11) is 15.2. The Hall–Kier alpha value is -6.02. The number of rotatable bonds is 18. The molecule has 0 spiro atoms. The molecule has 0 radical (unpaired) electrons. The molecule has 0 saturated carbocycles. The van der Waals surface area contributed by atoms with Crippen molar-refractivity contribution in [2.24, 2.45) is 0 Å². The molecule has 3 aromatic heterocycles. The molecule has 23 nitrogen and oxygen atoms in total. The highest BCUT2D eigenvalue weighted by Crippen LogP contribution is 2.32. The van der Waals surface area contributed by atoms with Crippen LogP contribution >= 0.6 is 58.0 Å². The minimum atomic E-state index is 0. The summed E-state index contributed by atoms with van der Waals surface area (Å²) in [6, 6.07) is 18.1. The quantitative estimate of drug-likeness (QED) is 0.0423. The van der Waals surface area contributed by atoms with Crippen LogP contribution in [-0.4, -0.2) is 181 Å². The summed E-state index contributed by atoms with van der Waals surface area (Å²) < 4.78 is 15.5. The Kier molecular flexibility index (Phi) is 32.6. The predicted octanol–water partition coefficient (Wildman–Crippen LogP) is 12.7. The van der Waals surface area contributed by atoms with Gasteiger partial charge in [-0.15, -0.1) is 0 Å². The lowest BCUT2D eigenvalue weighted by Gasteiger charge is -2.35. The maximum Gasteiger partial charge on any atom is 0.233 e. The second-order valence-electron chi connectivity index (χ2n) is 20.9. The molecule has 3 aromatic carbocycles. The van der Waals surface area contributed by atoms with Crippen LogP contribution in [0, 0.1) is 0 Å². The molecule has 6 heterocycles. The van der Waals surface area contributed by atoms with Gasteiger partial charge in [0.2, 0.25) is 52.2 Å². The summed E-state index contributed by atoms with van der Waals surface area (Å²) in [6.07, 6.45) is 6.92. The second kappa shape index (κ2) is 37.7. The molecule has 0 aliphatic carbocycles. The number of benzene rings is 3. The molecule has 3 fully saturated rings. The van der Waals surface area contributed by atoms with Gasteiger partial charge in [0.25, 0.3) is 0 Å². The molecule has 28 heteroatoms. The number of nitrogens with one attached hydrogen (secondary N) is 7. The lowest BCUT2D eigenvalue weighted by molar-refractivity contribution is 0.240. The fourth-order valence-electron chi connectivity index (χ4n) is 9.00. The number of likely N-dealkylation sites (tertiary alicyclic amines) is 2. The maximum atomic E-state index is 6.25. The van der Waals surface area contributed by atoms with Gasteiger partial charge in [-0.25, -0.2) is 0 Å². The average Bonchev–Trinajstić information content (AvgIpc) is 2.15. The lowest BCUT2D eigenvalue weighted by atomic mass is 10.0. The van der Waals surface area contributed by atoms with Crippen LogP contribution < -0.4 is 61.2 Å². The smallest absolute Gasteiger partial charge is 0.233 e. The first-order chi connectivity index (χ1) is 40.2. The van der Waals surface area contributed by atoms with Crippen molar-refractivity contribution >= 4 is 117 Å². The van der Waals surface area contributed by atoms with Crippen LogP contribution in [0.2, 0.25) is 25.6 Å². The molecule has 482 valence electrons. The fourth-order valence-corrected chi connectivity index (χ4v) is 10.1. The number of methoxy groups -OCH3 is 3. The maximum absolute atomic E-state index is 6.25. The number of piperidine rings is 3. The van der Waals surface area contributed by atoms with E-state index in [-0.39, 0.29) is 50.9 Å². The van der Waals surface area contributed by atoms with Crippen molar-refractivity contribution in [1.29, 1.82) is 0 Å². The van der Waals surface area contributed by atoms with Crippen LogP contribution in [0.1, 0.15) is 88.5 Å². The summed E-state index contributed by atoms with van der Waals surface area (Å²) in [4.78, 5) is 48.0. The number of halogens is 5. The number of anilines is 10. The van der Waals surface area contributed by atoms with Crippen LogP contribution in [0.4, 0.5) is 58.7 Å². The van der Waals surface area contributed by atoms with Crippen molar-refractivity contribution < 1.29 is 14.2 Å². The van der Waals surface area contributed by atoms with Gasteiger partial charge in [0.05, 0.1) is 36.4 Å². The number of aromatic nitrogens is 9. The molecular weight excluding hydrogens is 1210 g/mol. The van der Waals surface area contributed by atoms with Gasteiger partial charge >= 0.3 is 0 Å². The zero-order valence-corrected chi connectivity index (χ0v) is 53.8. The van der Waals surface area contributed by atoms with Crippen molar-refractivity contribution in [3.63, 3.8) is 0 Å². The number of hydrogen-bond donors (Lipinski definition) is 7. The molecule has 0 unspecified atom stereocenters. The van der Waals surface area contributed by atoms with Crippen molar-refractivity contribution in [3.05, 3.63) is 80.2 Å². The standard InChI is InChI=1S/C20H30ClN7O.C19H28ClN7O.C10H7Cl3N4O.C7H16N2.3CH4/c1-13(2)22-18-24-19(23-14-6-7-17(29-5)16(21)12-14)26-20(25-18)28(4)15-8-10-27(3)11-9-15;1-12(2)22-17-24-18(23-13-5-6-16(28-4)15(20)11-13)26-19(25-17)27(3)14-7-9-21-10-8-14;1-18-7-3-2-5(4-6(7)11)14-10-16-8(12)15-9(13)17-10;1-8-7-3-5-9(2)6-4-7;;;/h6-7,12-13,15H,8-11H2,1-5H3,(H2,22,23,24,25,26);5-6,11-12,14,21H,7-10H2,1-4H3,(H2,22,23,24,25,26);2-4H,1H3,(H,14,15,16,17);7-8H,3-6H2,1-2H3;3*1H4. The molecule has 3 saturated heterocycles. The highest BCUT2D eigenvalue weighted by atomic mass is 35.5. The third-order valence-corrected chi connectivity index (χ3v) is 15.0. The van der Waals surface area contributed by atoms with Crippen molar-refractivity contribution in [1.82, 2.24) is 65.3 Å². The van der Waals surface area contributed by atoms with Gasteiger partial charge in [-0.05, 0) is 204 Å². The van der Waals surface area contributed by atoms with E-state index in [2.05, 4.69) is 158 Å². The Morgan fingerprint density at radius 1 is 0.483 bits per heavy atom. The van der Waals surface area contributed by atoms with E-state index in [1.165, 1.54) is 25.9 Å². The molecule has 0 bridgehead atoms. The van der Waals surface area contributed by atoms with Crippen molar-refractivity contribution in [2.45, 2.75) is 119 Å². The van der Waals surface area contributed by atoms with E-state index in [0.29, 0.717) is 85.8 Å². The molecule has 6 aromatic rings. The molecule has 0 atom stereocenters. The summed E-state index contributed by atoms with van der Waals surface area (Å²) in [5.41, 5.74) is 2.24. The predicted molar refractivity (Wildman–Crippen MR) is 364 cm³/mol. The van der Waals surface area contributed by atoms with Crippen LogP contribution in [-0.2, 0) is 0 Å². The van der Waals surface area contributed by atoms with E-state index >= 15 is 0 Å². The first kappa shape index (κ1) is 75.2. The Labute approximate surface area is 541 Å². The topological polar surface area (TPSA) is 241 Å². The van der Waals surface area contributed by atoms with E-state index in [9.17, 15) is 0 Å². The number of nitrogens with zero attached hydrogens (tertiary/aromatic N) is 13. The van der Waals surface area contributed by atoms with E-state index in [4.69, 9.17) is 72.2 Å². The molecular formula is C59H93Cl5N20O3. The Morgan fingerprint density at radius 3 is 1.15 bits per heavy atom. The SMILES string of the molecule is C.C.C.CNC1CCN(C)CC1.COc1ccc(Nc2nc(Cl)nc(Cl)n2)cc1Cl.COc1ccc(Nc2nc(NC(C)C)nc(N(C)C3CCN(C)CC3)n2)cc1Cl.COc1ccc(Nc2nc(NC(C)C)nc(N(C)C3CCNCC3)n2)cc1Cl. The summed E-state index contributed by atoms with van der Waals surface area (Å²) in [6.45, 7) is 14.9. The highest BCUT2D eigenvalue weighted by Gasteiger charge is 2.25. The van der Waals surface area contributed by atoms with E-state index in [1.54, 1.807) is 57.7 Å². The van der Waals surface area contributed by atoms with Crippen molar-refractivity contribution in [3.8, 4) is 17.2 Å². The van der Waals surface area contributed by atoms with Gasteiger partial charge < -0.3 is 71.0 Å². The second-order valence-corrected chi connectivity index (χ2v) is 22.8. The first-order valence-corrected chi connectivity index (χ1v) is 29.8. The molecule has 3 aliphatic heterocycles. The van der Waals surface area contributed by atoms with Crippen LogP contribution in [0.15, 0.2) is 54.6 Å². The zero-order valence-electron chi connectivity index (χ0n) is 50.0. The van der Waals surface area contributed by atoms with Gasteiger partial charge in [0.1, 0.15) is 17.2 Å². The normalized spacial score (nSPS) is 14.6. The molecule has 3 aliphatic rings. The van der Waals surface area contributed by atoms with Gasteiger partial charge in [0.15, 0.2) is 0 Å². The summed E-state index contributed by atoms with van der Waals surface area (Å²) in [5, 5.41) is 24.1. The lowest BCUT2D eigenvalue weighted by Crippen LogP contribution is -2.42. The molecule has 9 rings (SSSR count). The molecule has 87 heavy (non-hydrogen) atoms. The van der Waals surface area contributed by atoms with Gasteiger partial charge in [-0.2, -0.15) is 44.9 Å². The van der Waals surface area contributed by atoms with Crippen molar-refractivity contribution in [2.75, 3.05) is 132 Å². The third-order valence-electron chi connectivity index (χ3n) is 13.7. The van der Waals surface area contributed by atoms with Crippen LogP contribution in [0.3, 0.4) is 0 Å². The monoisotopic (exact) mass is 1300 g/mol. The largest absolute Gasteiger partial charge is 0.495 e. The number of hydrogen-bond acceptors (Lipinski definition) is 23. The van der Waals surface area contributed by atoms with E-state index < -0.39 is 0 Å². The van der Waals surface area contributed by atoms with E-state index in [0.717, 1.165) is 69.3 Å². The molecule has 7 N–H and O–H groups in total. The van der Waals surface area contributed by atoms with Crippen LogP contribution in [0.25, 0.3) is 0 Å². The number of ether oxygens (including phenoxy) is 3. The van der Waals surface area contributed by atoms with E-state index in [1.807, 2.05) is 25.2 Å². The average molecular weight is 1310 g/mol. The Bertz CT molecular complexity index is 2970. The minimum Gasteiger partial charge on any atom is -0.495 e. The minimum absolute atomic E-state index is 0. The first-order valence-electron chi connectivity index (χ1n) is 27.9. The third kappa shape index (κ3) is 24.5.